The second-order valence-corrected chi connectivity index (χ2v) is 5.22. The Morgan fingerprint density at radius 3 is 2.95 bits per heavy atom. The van der Waals surface area contributed by atoms with E-state index in [9.17, 15) is 4.39 Å². The fraction of sp³-hybridized carbons (Fsp3) is 0.133. The third-order valence-electron chi connectivity index (χ3n) is 3.22. The van der Waals surface area contributed by atoms with Gasteiger partial charge >= 0.3 is 0 Å². The largest absolute Gasteiger partial charge is 0.355 e. The third-order valence-corrected chi connectivity index (χ3v) is 3.47. The van der Waals surface area contributed by atoms with Gasteiger partial charge in [-0.25, -0.2) is 4.39 Å². The van der Waals surface area contributed by atoms with Crippen molar-refractivity contribution in [2.45, 2.75) is 13.5 Å². The average molecular weight is 315 g/mol. The van der Waals surface area contributed by atoms with E-state index in [4.69, 9.17) is 12.2 Å². The molecule has 2 heterocycles. The highest BCUT2D eigenvalue weighted by Gasteiger charge is 2.06. The third kappa shape index (κ3) is 3.04. The van der Waals surface area contributed by atoms with Crippen LogP contribution in [0.25, 0.3) is 5.65 Å². The van der Waals surface area contributed by atoms with Crippen LogP contribution in [-0.4, -0.2) is 19.7 Å². The summed E-state index contributed by atoms with van der Waals surface area (Å²) >= 11 is 5.21. The number of aromatic nitrogens is 3. The van der Waals surface area contributed by atoms with Crippen molar-refractivity contribution in [3.05, 3.63) is 59.8 Å². The molecule has 0 aliphatic carbocycles. The number of halogens is 1. The summed E-state index contributed by atoms with van der Waals surface area (Å²) in [5.74, 6) is 0.478. The molecule has 0 unspecified atom stereocenters. The molecule has 0 amide bonds. The Labute approximate surface area is 132 Å². The SMILES string of the molecule is Cc1ccc(NC(=S)NCc2nnc3ccccn23)cc1F. The second-order valence-electron chi connectivity index (χ2n) is 4.82. The van der Waals surface area contributed by atoms with Crippen LogP contribution in [0.1, 0.15) is 11.4 Å². The molecule has 0 aliphatic heterocycles. The Morgan fingerprint density at radius 1 is 1.27 bits per heavy atom. The number of thiocarbonyl (C=S) groups is 1. The van der Waals surface area contributed by atoms with E-state index in [1.807, 2.05) is 28.8 Å². The maximum absolute atomic E-state index is 13.5. The van der Waals surface area contributed by atoms with Crippen LogP contribution < -0.4 is 10.6 Å². The number of hydrogen-bond donors (Lipinski definition) is 2. The number of aryl methyl sites for hydroxylation is 1. The molecule has 3 aromatic rings. The Hall–Kier alpha value is -2.54. The lowest BCUT2D eigenvalue weighted by Crippen LogP contribution is -2.28. The van der Waals surface area contributed by atoms with Crippen LogP contribution in [0.2, 0.25) is 0 Å². The Bertz CT molecular complexity index is 830. The summed E-state index contributed by atoms with van der Waals surface area (Å²) < 4.78 is 15.4. The first kappa shape index (κ1) is 14.4. The fourth-order valence-corrected chi connectivity index (χ4v) is 2.21. The summed E-state index contributed by atoms with van der Waals surface area (Å²) in [5, 5.41) is 14.5. The molecule has 0 atom stereocenters. The molecule has 22 heavy (non-hydrogen) atoms. The first-order valence-corrected chi connectivity index (χ1v) is 7.14. The van der Waals surface area contributed by atoms with Crippen LogP contribution in [0.3, 0.4) is 0 Å². The number of nitrogens with zero attached hydrogens (tertiary/aromatic N) is 3. The number of benzene rings is 1. The first-order chi connectivity index (χ1) is 10.6. The number of anilines is 1. The van der Waals surface area contributed by atoms with E-state index in [-0.39, 0.29) is 5.82 Å². The van der Waals surface area contributed by atoms with Gasteiger partial charge in [0.2, 0.25) is 0 Å². The van der Waals surface area contributed by atoms with Crippen molar-refractivity contribution in [2.24, 2.45) is 0 Å². The first-order valence-electron chi connectivity index (χ1n) is 6.73. The minimum absolute atomic E-state index is 0.267. The highest BCUT2D eigenvalue weighted by molar-refractivity contribution is 7.80. The highest BCUT2D eigenvalue weighted by Crippen LogP contribution is 2.13. The van der Waals surface area contributed by atoms with Gasteiger partial charge in [0.05, 0.1) is 6.54 Å². The van der Waals surface area contributed by atoms with Gasteiger partial charge in [0.25, 0.3) is 0 Å². The number of rotatable bonds is 3. The van der Waals surface area contributed by atoms with E-state index < -0.39 is 0 Å². The van der Waals surface area contributed by atoms with Crippen molar-refractivity contribution in [2.75, 3.05) is 5.32 Å². The van der Waals surface area contributed by atoms with Crippen LogP contribution in [0.5, 0.6) is 0 Å². The molecule has 0 saturated carbocycles. The van der Waals surface area contributed by atoms with Crippen LogP contribution in [0, 0.1) is 12.7 Å². The van der Waals surface area contributed by atoms with Gasteiger partial charge in [-0.1, -0.05) is 12.1 Å². The Kier molecular flexibility index (Phi) is 3.97. The van der Waals surface area contributed by atoms with E-state index in [2.05, 4.69) is 20.8 Å². The van der Waals surface area contributed by atoms with E-state index in [1.54, 1.807) is 19.1 Å². The van der Waals surface area contributed by atoms with E-state index in [0.717, 1.165) is 11.5 Å². The zero-order chi connectivity index (χ0) is 15.5. The lowest BCUT2D eigenvalue weighted by atomic mass is 10.2. The standard InChI is InChI=1S/C15H14FN5S/c1-10-5-6-11(8-12(10)16)18-15(22)17-9-14-20-19-13-4-2-3-7-21(13)14/h2-8H,9H2,1H3,(H2,17,18,22). The van der Waals surface area contributed by atoms with Crippen molar-refractivity contribution < 1.29 is 4.39 Å². The Morgan fingerprint density at radius 2 is 2.14 bits per heavy atom. The van der Waals surface area contributed by atoms with Crippen molar-refractivity contribution in [3.63, 3.8) is 0 Å². The van der Waals surface area contributed by atoms with Gasteiger partial charge in [-0.05, 0) is 49.0 Å². The summed E-state index contributed by atoms with van der Waals surface area (Å²) in [7, 11) is 0. The fourth-order valence-electron chi connectivity index (χ4n) is 2.02. The monoisotopic (exact) mass is 315 g/mol. The predicted molar refractivity (Wildman–Crippen MR) is 87.2 cm³/mol. The van der Waals surface area contributed by atoms with Gasteiger partial charge < -0.3 is 10.6 Å². The number of fused-ring (bicyclic) bond motifs is 1. The highest BCUT2D eigenvalue weighted by atomic mass is 32.1. The lowest BCUT2D eigenvalue weighted by molar-refractivity contribution is 0.619. The van der Waals surface area contributed by atoms with Gasteiger partial charge in [0, 0.05) is 11.9 Å². The van der Waals surface area contributed by atoms with Crippen molar-refractivity contribution in [3.8, 4) is 0 Å². The molecule has 7 heteroatoms. The van der Waals surface area contributed by atoms with E-state index in [0.29, 0.717) is 22.9 Å². The molecule has 0 bridgehead atoms. The quantitative estimate of drug-likeness (QED) is 0.728. The smallest absolute Gasteiger partial charge is 0.171 e. The molecular weight excluding hydrogens is 301 g/mol. The van der Waals surface area contributed by atoms with Gasteiger partial charge in [0.1, 0.15) is 5.82 Å². The summed E-state index contributed by atoms with van der Waals surface area (Å²) in [6.07, 6.45) is 1.89. The van der Waals surface area contributed by atoms with E-state index in [1.165, 1.54) is 6.07 Å². The second kappa shape index (κ2) is 6.07. The summed E-state index contributed by atoms with van der Waals surface area (Å²) in [6, 6.07) is 10.6. The molecular formula is C15H14FN5S. The molecule has 2 aromatic heterocycles. The van der Waals surface area contributed by atoms with Crippen molar-refractivity contribution >= 4 is 28.7 Å². The Balaban J connectivity index is 1.63. The molecule has 5 nitrogen and oxygen atoms in total. The molecule has 0 fully saturated rings. The van der Waals surface area contributed by atoms with Crippen LogP contribution in [0.4, 0.5) is 10.1 Å². The summed E-state index contributed by atoms with van der Waals surface area (Å²) in [4.78, 5) is 0. The minimum atomic E-state index is -0.267. The van der Waals surface area contributed by atoms with Crippen LogP contribution >= 0.6 is 12.2 Å². The van der Waals surface area contributed by atoms with Crippen molar-refractivity contribution in [1.82, 2.24) is 19.9 Å². The molecule has 0 radical (unpaired) electrons. The van der Waals surface area contributed by atoms with Gasteiger partial charge in [-0.2, -0.15) is 0 Å². The number of nitrogens with one attached hydrogen (secondary N) is 2. The lowest BCUT2D eigenvalue weighted by Gasteiger charge is -2.10. The molecule has 2 N–H and O–H groups in total. The molecule has 0 aliphatic rings. The summed E-state index contributed by atoms with van der Waals surface area (Å²) in [5.41, 5.74) is 1.98. The molecule has 0 saturated heterocycles. The molecule has 3 rings (SSSR count). The maximum Gasteiger partial charge on any atom is 0.171 e. The van der Waals surface area contributed by atoms with Gasteiger partial charge in [-0.15, -0.1) is 10.2 Å². The minimum Gasteiger partial charge on any atom is -0.355 e. The zero-order valence-corrected chi connectivity index (χ0v) is 12.7. The molecule has 1 aromatic carbocycles. The predicted octanol–water partition coefficient (Wildman–Crippen LogP) is 2.66. The molecule has 112 valence electrons. The molecule has 0 spiro atoms. The van der Waals surface area contributed by atoms with Gasteiger partial charge in [0.15, 0.2) is 16.6 Å². The van der Waals surface area contributed by atoms with Gasteiger partial charge in [-0.3, -0.25) is 4.40 Å². The van der Waals surface area contributed by atoms with Crippen molar-refractivity contribution in [1.29, 1.82) is 0 Å². The average Bonchev–Trinajstić information content (AvgIpc) is 2.92. The maximum atomic E-state index is 13.5. The van der Waals surface area contributed by atoms with Crippen LogP contribution in [0.15, 0.2) is 42.6 Å². The topological polar surface area (TPSA) is 54.2 Å². The van der Waals surface area contributed by atoms with Crippen LogP contribution in [-0.2, 0) is 6.54 Å². The normalized spacial score (nSPS) is 10.6. The number of pyridine rings is 1. The zero-order valence-electron chi connectivity index (χ0n) is 11.9. The summed E-state index contributed by atoms with van der Waals surface area (Å²) in [6.45, 7) is 2.14. The number of hydrogen-bond acceptors (Lipinski definition) is 3. The van der Waals surface area contributed by atoms with E-state index >= 15 is 0 Å².